The molecule has 2 heterocycles. The zero-order chi connectivity index (χ0) is 14.3. The first kappa shape index (κ1) is 13.5. The smallest absolute Gasteiger partial charge is 0.419 e. The standard InChI is InChI=1S/C15H16F3NO/c1-20-14-8-9(2-5-13(14)15(16,17)18)10-6-11-3-4-12(7-10)19-11/h2,5-6,8,11-12,19H,3-4,7H2,1H3. The fourth-order valence-corrected chi connectivity index (χ4v) is 3.06. The first-order valence-electron chi connectivity index (χ1n) is 6.70. The molecule has 0 spiro atoms. The van der Waals surface area contributed by atoms with Gasteiger partial charge < -0.3 is 10.1 Å². The van der Waals surface area contributed by atoms with Crippen LogP contribution in [-0.2, 0) is 6.18 Å². The molecule has 5 heteroatoms. The lowest BCUT2D eigenvalue weighted by Crippen LogP contribution is -2.31. The van der Waals surface area contributed by atoms with Crippen molar-refractivity contribution in [2.24, 2.45) is 0 Å². The molecule has 0 amide bonds. The number of hydrogen-bond acceptors (Lipinski definition) is 2. The van der Waals surface area contributed by atoms with Gasteiger partial charge in [-0.15, -0.1) is 0 Å². The molecule has 2 aliphatic rings. The van der Waals surface area contributed by atoms with Crippen LogP contribution in [0.1, 0.15) is 30.4 Å². The zero-order valence-corrected chi connectivity index (χ0v) is 11.1. The first-order valence-corrected chi connectivity index (χ1v) is 6.70. The first-order chi connectivity index (χ1) is 9.47. The molecule has 0 saturated carbocycles. The van der Waals surface area contributed by atoms with Gasteiger partial charge >= 0.3 is 6.18 Å². The lowest BCUT2D eigenvalue weighted by atomic mass is 9.95. The van der Waals surface area contributed by atoms with Crippen molar-refractivity contribution in [1.29, 1.82) is 0 Å². The average molecular weight is 283 g/mol. The van der Waals surface area contributed by atoms with Crippen LogP contribution in [-0.4, -0.2) is 19.2 Å². The maximum atomic E-state index is 12.8. The van der Waals surface area contributed by atoms with E-state index in [2.05, 4.69) is 11.4 Å². The fourth-order valence-electron chi connectivity index (χ4n) is 3.06. The Labute approximate surface area is 115 Å². The van der Waals surface area contributed by atoms with E-state index in [0.717, 1.165) is 36.5 Å². The molecule has 1 aromatic carbocycles. The normalized spacial score (nSPS) is 25.5. The number of alkyl halides is 3. The fraction of sp³-hybridized carbons (Fsp3) is 0.467. The van der Waals surface area contributed by atoms with Crippen LogP contribution in [0.15, 0.2) is 24.3 Å². The molecule has 2 bridgehead atoms. The number of fused-ring (bicyclic) bond motifs is 2. The van der Waals surface area contributed by atoms with Crippen molar-refractivity contribution < 1.29 is 17.9 Å². The topological polar surface area (TPSA) is 21.3 Å². The summed E-state index contributed by atoms with van der Waals surface area (Å²) in [7, 11) is 1.27. The third kappa shape index (κ3) is 2.42. The van der Waals surface area contributed by atoms with E-state index >= 15 is 0 Å². The summed E-state index contributed by atoms with van der Waals surface area (Å²) in [6, 6.07) is 4.96. The summed E-state index contributed by atoms with van der Waals surface area (Å²) in [5.74, 6) is -0.109. The number of benzene rings is 1. The van der Waals surface area contributed by atoms with Crippen molar-refractivity contribution in [2.75, 3.05) is 7.11 Å². The number of nitrogens with one attached hydrogen (secondary N) is 1. The molecule has 0 aromatic heterocycles. The average Bonchev–Trinajstić information content (AvgIpc) is 2.75. The number of halogens is 3. The molecular weight excluding hydrogens is 267 g/mol. The Kier molecular flexibility index (Phi) is 3.24. The van der Waals surface area contributed by atoms with Crippen LogP contribution in [0, 0.1) is 0 Å². The van der Waals surface area contributed by atoms with E-state index in [1.54, 1.807) is 6.07 Å². The molecule has 108 valence electrons. The molecule has 0 radical (unpaired) electrons. The van der Waals surface area contributed by atoms with Crippen LogP contribution in [0.5, 0.6) is 5.75 Å². The molecule has 2 aliphatic heterocycles. The Morgan fingerprint density at radius 1 is 1.25 bits per heavy atom. The number of rotatable bonds is 2. The van der Waals surface area contributed by atoms with E-state index in [1.807, 2.05) is 0 Å². The van der Waals surface area contributed by atoms with Gasteiger partial charge in [0.1, 0.15) is 5.75 Å². The van der Waals surface area contributed by atoms with Crippen molar-refractivity contribution in [3.63, 3.8) is 0 Å². The Hall–Kier alpha value is -1.49. The second-order valence-corrected chi connectivity index (χ2v) is 5.36. The summed E-state index contributed by atoms with van der Waals surface area (Å²) in [6.45, 7) is 0. The van der Waals surface area contributed by atoms with E-state index in [0.29, 0.717) is 12.1 Å². The molecule has 1 fully saturated rings. The van der Waals surface area contributed by atoms with Crippen LogP contribution in [0.2, 0.25) is 0 Å². The van der Waals surface area contributed by atoms with Crippen LogP contribution >= 0.6 is 0 Å². The lowest BCUT2D eigenvalue weighted by Gasteiger charge is -2.22. The van der Waals surface area contributed by atoms with Crippen molar-refractivity contribution in [1.82, 2.24) is 5.32 Å². The molecule has 2 nitrogen and oxygen atoms in total. The summed E-state index contributed by atoms with van der Waals surface area (Å²) in [4.78, 5) is 0. The summed E-state index contributed by atoms with van der Waals surface area (Å²) >= 11 is 0. The van der Waals surface area contributed by atoms with Crippen LogP contribution < -0.4 is 10.1 Å². The number of hydrogen-bond donors (Lipinski definition) is 1. The Balaban J connectivity index is 1.96. The van der Waals surface area contributed by atoms with Crippen molar-refractivity contribution in [2.45, 2.75) is 37.5 Å². The number of ether oxygens (including phenoxy) is 1. The van der Waals surface area contributed by atoms with Gasteiger partial charge in [-0.25, -0.2) is 0 Å². The molecule has 20 heavy (non-hydrogen) atoms. The minimum atomic E-state index is -4.38. The predicted molar refractivity (Wildman–Crippen MR) is 70.5 cm³/mol. The van der Waals surface area contributed by atoms with Gasteiger partial charge in [0, 0.05) is 12.1 Å². The number of methoxy groups -OCH3 is 1. The monoisotopic (exact) mass is 283 g/mol. The van der Waals surface area contributed by atoms with E-state index < -0.39 is 11.7 Å². The van der Waals surface area contributed by atoms with Crippen molar-refractivity contribution >= 4 is 5.57 Å². The largest absolute Gasteiger partial charge is 0.496 e. The second-order valence-electron chi connectivity index (χ2n) is 5.36. The minimum absolute atomic E-state index is 0.109. The molecule has 1 aromatic rings. The highest BCUT2D eigenvalue weighted by Crippen LogP contribution is 2.39. The van der Waals surface area contributed by atoms with Gasteiger partial charge in [-0.05, 0) is 42.5 Å². The van der Waals surface area contributed by atoms with Crippen LogP contribution in [0.3, 0.4) is 0 Å². The van der Waals surface area contributed by atoms with Crippen molar-refractivity contribution in [3.8, 4) is 5.75 Å². The highest BCUT2D eigenvalue weighted by atomic mass is 19.4. The molecule has 0 aliphatic carbocycles. The Bertz CT molecular complexity index is 551. The van der Waals surface area contributed by atoms with Gasteiger partial charge in [0.15, 0.2) is 0 Å². The highest BCUT2D eigenvalue weighted by molar-refractivity contribution is 5.69. The third-order valence-corrected chi connectivity index (χ3v) is 4.02. The van der Waals surface area contributed by atoms with Gasteiger partial charge in [0.25, 0.3) is 0 Å². The highest BCUT2D eigenvalue weighted by Gasteiger charge is 2.35. The maximum absolute atomic E-state index is 12.8. The van der Waals surface area contributed by atoms with Gasteiger partial charge in [0.05, 0.1) is 12.7 Å². The van der Waals surface area contributed by atoms with Crippen LogP contribution in [0.4, 0.5) is 13.2 Å². The predicted octanol–water partition coefficient (Wildman–Crippen LogP) is 3.62. The van der Waals surface area contributed by atoms with Gasteiger partial charge in [0.2, 0.25) is 0 Å². The molecule has 3 rings (SSSR count). The summed E-state index contributed by atoms with van der Waals surface area (Å²) in [6.07, 6.45) is 0.844. The van der Waals surface area contributed by atoms with Crippen molar-refractivity contribution in [3.05, 3.63) is 35.4 Å². The molecule has 1 N–H and O–H groups in total. The van der Waals surface area contributed by atoms with Gasteiger partial charge in [-0.1, -0.05) is 12.1 Å². The SMILES string of the molecule is COc1cc(C2=CC3CCC(C2)N3)ccc1C(F)(F)F. The van der Waals surface area contributed by atoms with E-state index in [9.17, 15) is 13.2 Å². The molecular formula is C15H16F3NO. The zero-order valence-electron chi connectivity index (χ0n) is 11.1. The van der Waals surface area contributed by atoms with Crippen LogP contribution in [0.25, 0.3) is 5.57 Å². The van der Waals surface area contributed by atoms with E-state index in [4.69, 9.17) is 4.74 Å². The Morgan fingerprint density at radius 2 is 2.05 bits per heavy atom. The van der Waals surface area contributed by atoms with Gasteiger partial charge in [-0.3, -0.25) is 0 Å². The second kappa shape index (κ2) is 4.81. The molecule has 2 unspecified atom stereocenters. The lowest BCUT2D eigenvalue weighted by molar-refractivity contribution is -0.138. The summed E-state index contributed by atoms with van der Waals surface area (Å²) in [5.41, 5.74) is 1.22. The van der Waals surface area contributed by atoms with E-state index in [1.165, 1.54) is 13.2 Å². The van der Waals surface area contributed by atoms with E-state index in [-0.39, 0.29) is 5.75 Å². The molecule has 2 atom stereocenters. The quantitative estimate of drug-likeness (QED) is 0.895. The third-order valence-electron chi connectivity index (χ3n) is 4.02. The van der Waals surface area contributed by atoms with Gasteiger partial charge in [-0.2, -0.15) is 13.2 Å². The minimum Gasteiger partial charge on any atom is -0.496 e. The summed E-state index contributed by atoms with van der Waals surface area (Å²) < 4.78 is 43.4. The Morgan fingerprint density at radius 3 is 2.70 bits per heavy atom. The molecule has 1 saturated heterocycles. The summed E-state index contributed by atoms with van der Waals surface area (Å²) in [5, 5.41) is 3.47. The maximum Gasteiger partial charge on any atom is 0.419 e.